The van der Waals surface area contributed by atoms with Gasteiger partial charge in [-0.3, -0.25) is 0 Å². The number of rotatable bonds is 3. The van der Waals surface area contributed by atoms with Crippen LogP contribution in [0.5, 0.6) is 0 Å². The molecule has 3 rings (SSSR count). The molecule has 1 heterocycles. The lowest BCUT2D eigenvalue weighted by molar-refractivity contribution is 0.429. The van der Waals surface area contributed by atoms with Gasteiger partial charge in [-0.25, -0.2) is 0 Å². The van der Waals surface area contributed by atoms with Crippen LogP contribution in [0.4, 0.5) is 0 Å². The highest BCUT2D eigenvalue weighted by Gasteiger charge is 2.15. The van der Waals surface area contributed by atoms with Crippen LogP contribution in [0.3, 0.4) is 0 Å². The molecule has 1 aromatic carbocycles. The lowest BCUT2D eigenvalue weighted by atomic mass is 10.0. The second kappa shape index (κ2) is 4.68. The summed E-state index contributed by atoms with van der Waals surface area (Å²) >= 11 is 0. The molecule has 0 saturated heterocycles. The molecular formula is C17H23NO. The lowest BCUT2D eigenvalue weighted by Gasteiger charge is -2.20. The van der Waals surface area contributed by atoms with Gasteiger partial charge in [0, 0.05) is 10.9 Å². The van der Waals surface area contributed by atoms with Crippen LogP contribution in [0, 0.1) is 0 Å². The van der Waals surface area contributed by atoms with E-state index in [1.165, 1.54) is 41.3 Å². The Morgan fingerprint density at radius 2 is 1.89 bits per heavy atom. The Kier molecular flexibility index (Phi) is 3.14. The highest BCUT2D eigenvalue weighted by atomic mass is 16.3. The minimum atomic E-state index is 0.181. The summed E-state index contributed by atoms with van der Waals surface area (Å²) in [7, 11) is 0. The second-order valence-electron chi connectivity index (χ2n) is 6.66. The van der Waals surface area contributed by atoms with Gasteiger partial charge in [0.05, 0.1) is 6.26 Å². The van der Waals surface area contributed by atoms with Crippen molar-refractivity contribution < 1.29 is 4.42 Å². The maximum absolute atomic E-state index is 5.73. The van der Waals surface area contributed by atoms with Crippen molar-refractivity contribution in [1.29, 1.82) is 0 Å². The molecule has 102 valence electrons. The Bertz CT molecular complexity index is 589. The van der Waals surface area contributed by atoms with Crippen LogP contribution in [0.1, 0.15) is 43.9 Å². The molecule has 2 nitrogen and oxygen atoms in total. The van der Waals surface area contributed by atoms with Crippen molar-refractivity contribution in [3.63, 3.8) is 0 Å². The topological polar surface area (TPSA) is 25.2 Å². The third-order valence-electron chi connectivity index (χ3n) is 3.92. The molecule has 2 aromatic rings. The van der Waals surface area contributed by atoms with Gasteiger partial charge in [0.1, 0.15) is 5.58 Å². The Labute approximate surface area is 115 Å². The standard InChI is InChI=1S/C17H23NO/c1-17(2,3)18-8-7-14-11-19-16-10-13-6-4-5-12(13)9-15(14)16/h9-11,18H,4-8H2,1-3H3. The first-order valence-corrected chi connectivity index (χ1v) is 7.30. The zero-order valence-corrected chi connectivity index (χ0v) is 12.2. The van der Waals surface area contributed by atoms with E-state index < -0.39 is 0 Å². The number of aryl methyl sites for hydroxylation is 2. The normalized spacial score (nSPS) is 15.1. The van der Waals surface area contributed by atoms with Crippen LogP contribution in [0.15, 0.2) is 22.8 Å². The smallest absolute Gasteiger partial charge is 0.134 e. The van der Waals surface area contributed by atoms with Gasteiger partial charge in [-0.1, -0.05) is 0 Å². The van der Waals surface area contributed by atoms with Crippen molar-refractivity contribution in [1.82, 2.24) is 5.32 Å². The van der Waals surface area contributed by atoms with Crippen LogP contribution >= 0.6 is 0 Å². The molecule has 1 aliphatic carbocycles. The maximum atomic E-state index is 5.73. The van der Waals surface area contributed by atoms with Crippen LogP contribution in [0.25, 0.3) is 11.0 Å². The van der Waals surface area contributed by atoms with E-state index in [2.05, 4.69) is 38.2 Å². The SMILES string of the molecule is CC(C)(C)NCCc1coc2cc3c(cc12)CCC3. The molecule has 0 radical (unpaired) electrons. The largest absolute Gasteiger partial charge is 0.464 e. The Morgan fingerprint density at radius 1 is 1.16 bits per heavy atom. The van der Waals surface area contributed by atoms with E-state index in [-0.39, 0.29) is 5.54 Å². The van der Waals surface area contributed by atoms with Gasteiger partial charge in [-0.15, -0.1) is 0 Å². The molecule has 1 aliphatic rings. The third kappa shape index (κ3) is 2.69. The molecule has 1 aromatic heterocycles. The maximum Gasteiger partial charge on any atom is 0.134 e. The van der Waals surface area contributed by atoms with E-state index in [1.54, 1.807) is 0 Å². The molecule has 0 saturated carbocycles. The predicted octanol–water partition coefficient (Wildman–Crippen LogP) is 3.85. The summed E-state index contributed by atoms with van der Waals surface area (Å²) in [6.07, 6.45) is 6.71. The van der Waals surface area contributed by atoms with Gasteiger partial charge in [0.25, 0.3) is 0 Å². The molecule has 0 aliphatic heterocycles. The van der Waals surface area contributed by atoms with Gasteiger partial charge in [0.15, 0.2) is 0 Å². The van der Waals surface area contributed by atoms with Crippen molar-refractivity contribution >= 4 is 11.0 Å². The van der Waals surface area contributed by atoms with Crippen molar-refractivity contribution in [2.45, 2.75) is 52.0 Å². The average molecular weight is 257 g/mol. The first-order valence-electron chi connectivity index (χ1n) is 7.30. The third-order valence-corrected chi connectivity index (χ3v) is 3.92. The Balaban J connectivity index is 1.81. The first-order chi connectivity index (χ1) is 9.03. The summed E-state index contributed by atoms with van der Waals surface area (Å²) in [5.41, 5.74) is 5.59. The summed E-state index contributed by atoms with van der Waals surface area (Å²) in [6, 6.07) is 4.60. The van der Waals surface area contributed by atoms with E-state index in [0.29, 0.717) is 0 Å². The predicted molar refractivity (Wildman–Crippen MR) is 79.7 cm³/mol. The van der Waals surface area contributed by atoms with Gasteiger partial charge in [-0.05, 0) is 81.8 Å². The summed E-state index contributed by atoms with van der Waals surface area (Å²) < 4.78 is 5.73. The van der Waals surface area contributed by atoms with E-state index in [1.807, 2.05) is 6.26 Å². The van der Waals surface area contributed by atoms with Gasteiger partial charge >= 0.3 is 0 Å². The Hall–Kier alpha value is -1.28. The van der Waals surface area contributed by atoms with Crippen molar-refractivity contribution in [2.75, 3.05) is 6.54 Å². The number of benzene rings is 1. The number of hydrogen-bond donors (Lipinski definition) is 1. The molecule has 1 N–H and O–H groups in total. The highest BCUT2D eigenvalue weighted by molar-refractivity contribution is 5.83. The summed E-state index contributed by atoms with van der Waals surface area (Å²) in [6.45, 7) is 7.60. The van der Waals surface area contributed by atoms with Gasteiger partial charge in [-0.2, -0.15) is 0 Å². The van der Waals surface area contributed by atoms with Gasteiger partial charge < -0.3 is 9.73 Å². The van der Waals surface area contributed by atoms with Crippen molar-refractivity contribution in [2.24, 2.45) is 0 Å². The van der Waals surface area contributed by atoms with Crippen LogP contribution in [-0.2, 0) is 19.3 Å². The summed E-state index contributed by atoms with van der Waals surface area (Å²) in [5.74, 6) is 0. The van der Waals surface area contributed by atoms with E-state index in [4.69, 9.17) is 4.42 Å². The minimum absolute atomic E-state index is 0.181. The van der Waals surface area contributed by atoms with Crippen LogP contribution < -0.4 is 5.32 Å². The zero-order valence-electron chi connectivity index (χ0n) is 12.2. The molecule has 2 heteroatoms. The fourth-order valence-corrected chi connectivity index (χ4v) is 2.91. The number of nitrogens with one attached hydrogen (secondary N) is 1. The molecule has 0 atom stereocenters. The monoisotopic (exact) mass is 257 g/mol. The number of hydrogen-bond acceptors (Lipinski definition) is 2. The van der Waals surface area contributed by atoms with Crippen molar-refractivity contribution in [3.8, 4) is 0 Å². The zero-order chi connectivity index (χ0) is 13.5. The summed E-state index contributed by atoms with van der Waals surface area (Å²) in [5, 5.41) is 4.85. The molecule has 0 bridgehead atoms. The molecule has 0 unspecified atom stereocenters. The van der Waals surface area contributed by atoms with Crippen molar-refractivity contribution in [3.05, 3.63) is 35.1 Å². The average Bonchev–Trinajstić information content (AvgIpc) is 2.91. The fraction of sp³-hybridized carbons (Fsp3) is 0.529. The van der Waals surface area contributed by atoms with Crippen LogP contribution in [0.2, 0.25) is 0 Å². The molecule has 0 spiro atoms. The quantitative estimate of drug-likeness (QED) is 0.903. The summed E-state index contributed by atoms with van der Waals surface area (Å²) in [4.78, 5) is 0. The molecule has 0 fully saturated rings. The number of fused-ring (bicyclic) bond motifs is 2. The number of furan rings is 1. The highest BCUT2D eigenvalue weighted by Crippen LogP contribution is 2.30. The van der Waals surface area contributed by atoms with E-state index in [9.17, 15) is 0 Å². The minimum Gasteiger partial charge on any atom is -0.464 e. The van der Waals surface area contributed by atoms with Crippen LogP contribution in [-0.4, -0.2) is 12.1 Å². The lowest BCUT2D eigenvalue weighted by Crippen LogP contribution is -2.37. The Morgan fingerprint density at radius 3 is 2.63 bits per heavy atom. The van der Waals surface area contributed by atoms with Gasteiger partial charge in [0.2, 0.25) is 0 Å². The van der Waals surface area contributed by atoms with E-state index >= 15 is 0 Å². The molecule has 19 heavy (non-hydrogen) atoms. The second-order valence-corrected chi connectivity index (χ2v) is 6.66. The molecular weight excluding hydrogens is 234 g/mol. The molecule has 0 amide bonds. The van der Waals surface area contributed by atoms with E-state index in [0.717, 1.165) is 18.5 Å². The fourth-order valence-electron chi connectivity index (χ4n) is 2.91. The first kappa shape index (κ1) is 12.7.